The van der Waals surface area contributed by atoms with E-state index in [9.17, 15) is 0 Å². The second-order valence-electron chi connectivity index (χ2n) is 6.14. The van der Waals surface area contributed by atoms with E-state index in [0.717, 1.165) is 36.0 Å². The fraction of sp³-hybridized carbons (Fsp3) is 0.733. The van der Waals surface area contributed by atoms with Gasteiger partial charge in [-0.05, 0) is 32.1 Å². The number of nitrogens with zero attached hydrogens (tertiary/aromatic N) is 3. The molecule has 3 rings (SSSR count). The summed E-state index contributed by atoms with van der Waals surface area (Å²) in [6, 6.07) is 2.84. The Kier molecular flexibility index (Phi) is 3.33. The lowest BCUT2D eigenvalue weighted by molar-refractivity contribution is 0.549. The average molecular weight is 260 g/mol. The second kappa shape index (κ2) is 4.99. The molecule has 1 aliphatic heterocycles. The number of hydrogen-bond donors (Lipinski definition) is 1. The number of nitrogens with one attached hydrogen (secondary N) is 1. The van der Waals surface area contributed by atoms with Crippen LogP contribution in [0.1, 0.15) is 51.8 Å². The molecule has 0 spiro atoms. The first-order chi connectivity index (χ1) is 9.17. The highest BCUT2D eigenvalue weighted by atomic mass is 15.3. The van der Waals surface area contributed by atoms with Crippen LogP contribution in [-0.2, 0) is 0 Å². The number of piperidine rings is 1. The van der Waals surface area contributed by atoms with Gasteiger partial charge in [0.1, 0.15) is 17.5 Å². The van der Waals surface area contributed by atoms with Crippen molar-refractivity contribution < 1.29 is 0 Å². The maximum absolute atomic E-state index is 4.79. The molecule has 0 aromatic carbocycles. The number of rotatable bonds is 4. The van der Waals surface area contributed by atoms with Crippen molar-refractivity contribution in [2.45, 2.75) is 52.0 Å². The number of fused-ring (bicyclic) bond motifs is 2. The van der Waals surface area contributed by atoms with Gasteiger partial charge in [-0.25, -0.2) is 9.97 Å². The molecule has 2 fully saturated rings. The Morgan fingerprint density at radius 1 is 1.37 bits per heavy atom. The molecular weight excluding hydrogens is 236 g/mol. The van der Waals surface area contributed by atoms with Crippen molar-refractivity contribution in [3.63, 3.8) is 0 Å². The van der Waals surface area contributed by atoms with E-state index in [1.54, 1.807) is 0 Å². The Morgan fingerprint density at radius 2 is 2.21 bits per heavy atom. The molecular formula is C15H24N4. The van der Waals surface area contributed by atoms with Gasteiger partial charge in [-0.15, -0.1) is 0 Å². The zero-order valence-electron chi connectivity index (χ0n) is 12.2. The van der Waals surface area contributed by atoms with Crippen LogP contribution in [0.3, 0.4) is 0 Å². The van der Waals surface area contributed by atoms with Gasteiger partial charge in [0, 0.05) is 31.1 Å². The summed E-state index contributed by atoms with van der Waals surface area (Å²) in [6.07, 6.45) is 4.10. The van der Waals surface area contributed by atoms with Crippen molar-refractivity contribution in [2.75, 3.05) is 23.3 Å². The van der Waals surface area contributed by atoms with Crippen molar-refractivity contribution in [2.24, 2.45) is 5.92 Å². The highest BCUT2D eigenvalue weighted by Crippen LogP contribution is 2.40. The van der Waals surface area contributed by atoms with Gasteiger partial charge in [0.05, 0.1) is 0 Å². The SMILES string of the molecule is CCNc1cc(N2CC3CCC2C3)nc(C(C)C)n1. The third-order valence-electron chi connectivity index (χ3n) is 4.31. The fourth-order valence-electron chi connectivity index (χ4n) is 3.33. The number of hydrogen-bond acceptors (Lipinski definition) is 4. The minimum absolute atomic E-state index is 0.372. The highest BCUT2D eigenvalue weighted by molar-refractivity contribution is 5.51. The van der Waals surface area contributed by atoms with Crippen LogP contribution in [0.4, 0.5) is 11.6 Å². The summed E-state index contributed by atoms with van der Waals surface area (Å²) < 4.78 is 0. The molecule has 0 radical (unpaired) electrons. The molecule has 4 heteroatoms. The smallest absolute Gasteiger partial charge is 0.135 e. The molecule has 1 aromatic heterocycles. The van der Waals surface area contributed by atoms with E-state index in [1.165, 1.54) is 25.8 Å². The van der Waals surface area contributed by atoms with Gasteiger partial charge in [0.15, 0.2) is 0 Å². The van der Waals surface area contributed by atoms with Crippen LogP contribution in [0.5, 0.6) is 0 Å². The number of aromatic nitrogens is 2. The van der Waals surface area contributed by atoms with E-state index < -0.39 is 0 Å². The Labute approximate surface area is 115 Å². The summed E-state index contributed by atoms with van der Waals surface area (Å²) in [5.74, 6) is 4.32. The Hall–Kier alpha value is -1.32. The first kappa shape index (κ1) is 12.7. The lowest BCUT2D eigenvalue weighted by atomic mass is 10.1. The standard InChI is InChI=1S/C15H24N4/c1-4-16-13-8-14(18-15(17-13)10(2)3)19-9-11-5-6-12(19)7-11/h8,10-12H,4-7,9H2,1-3H3,(H,16,17,18). The van der Waals surface area contributed by atoms with Crippen molar-refractivity contribution in [1.29, 1.82) is 0 Å². The predicted octanol–water partition coefficient (Wildman–Crippen LogP) is 3.02. The lowest BCUT2D eigenvalue weighted by Gasteiger charge is -2.28. The summed E-state index contributed by atoms with van der Waals surface area (Å²) in [7, 11) is 0. The normalized spacial score (nSPS) is 25.4. The molecule has 1 saturated heterocycles. The topological polar surface area (TPSA) is 41.0 Å². The fourth-order valence-corrected chi connectivity index (χ4v) is 3.33. The van der Waals surface area contributed by atoms with Crippen molar-refractivity contribution >= 4 is 11.6 Å². The molecule has 1 aliphatic carbocycles. The highest BCUT2D eigenvalue weighted by Gasteiger charge is 2.38. The minimum atomic E-state index is 0.372. The monoisotopic (exact) mass is 260 g/mol. The Bertz CT molecular complexity index is 457. The van der Waals surface area contributed by atoms with E-state index in [2.05, 4.69) is 42.0 Å². The van der Waals surface area contributed by atoms with Crippen LogP contribution in [0, 0.1) is 5.92 Å². The van der Waals surface area contributed by atoms with Gasteiger partial charge in [0.25, 0.3) is 0 Å². The molecule has 1 aromatic rings. The van der Waals surface area contributed by atoms with Gasteiger partial charge in [-0.3, -0.25) is 0 Å². The van der Waals surface area contributed by atoms with E-state index in [-0.39, 0.29) is 0 Å². The molecule has 2 atom stereocenters. The molecule has 2 aliphatic rings. The second-order valence-corrected chi connectivity index (χ2v) is 6.14. The van der Waals surface area contributed by atoms with Gasteiger partial charge in [-0.2, -0.15) is 0 Å². The quantitative estimate of drug-likeness (QED) is 0.903. The number of anilines is 2. The largest absolute Gasteiger partial charge is 0.370 e. The van der Waals surface area contributed by atoms with Crippen LogP contribution in [0.25, 0.3) is 0 Å². The van der Waals surface area contributed by atoms with Gasteiger partial charge < -0.3 is 10.2 Å². The van der Waals surface area contributed by atoms with Crippen LogP contribution < -0.4 is 10.2 Å². The average Bonchev–Trinajstić information content (AvgIpc) is 3.01. The summed E-state index contributed by atoms with van der Waals surface area (Å²) in [4.78, 5) is 11.9. The Morgan fingerprint density at radius 3 is 2.79 bits per heavy atom. The van der Waals surface area contributed by atoms with Crippen LogP contribution in [0.2, 0.25) is 0 Å². The van der Waals surface area contributed by atoms with Crippen LogP contribution in [-0.4, -0.2) is 29.1 Å². The molecule has 4 nitrogen and oxygen atoms in total. The lowest BCUT2D eigenvalue weighted by Crippen LogP contribution is -2.33. The van der Waals surface area contributed by atoms with Crippen molar-refractivity contribution in [3.05, 3.63) is 11.9 Å². The molecule has 2 heterocycles. The van der Waals surface area contributed by atoms with E-state index >= 15 is 0 Å². The van der Waals surface area contributed by atoms with Crippen molar-refractivity contribution in [3.8, 4) is 0 Å². The van der Waals surface area contributed by atoms with Crippen molar-refractivity contribution in [1.82, 2.24) is 9.97 Å². The van der Waals surface area contributed by atoms with E-state index in [0.29, 0.717) is 5.92 Å². The maximum Gasteiger partial charge on any atom is 0.135 e. The molecule has 1 N–H and O–H groups in total. The minimum Gasteiger partial charge on any atom is -0.370 e. The Balaban J connectivity index is 1.91. The van der Waals surface area contributed by atoms with Gasteiger partial charge in [-0.1, -0.05) is 13.8 Å². The first-order valence-corrected chi connectivity index (χ1v) is 7.57. The summed E-state index contributed by atoms with van der Waals surface area (Å²) >= 11 is 0. The predicted molar refractivity (Wildman–Crippen MR) is 78.8 cm³/mol. The third kappa shape index (κ3) is 2.40. The molecule has 2 unspecified atom stereocenters. The zero-order chi connectivity index (χ0) is 13.4. The zero-order valence-corrected chi connectivity index (χ0v) is 12.2. The van der Waals surface area contributed by atoms with Gasteiger partial charge in [0.2, 0.25) is 0 Å². The van der Waals surface area contributed by atoms with Crippen LogP contribution >= 0.6 is 0 Å². The van der Waals surface area contributed by atoms with Gasteiger partial charge >= 0.3 is 0 Å². The molecule has 1 saturated carbocycles. The molecule has 19 heavy (non-hydrogen) atoms. The summed E-state index contributed by atoms with van der Waals surface area (Å²) in [5, 5.41) is 3.33. The van der Waals surface area contributed by atoms with E-state index in [1.807, 2.05) is 0 Å². The summed E-state index contributed by atoms with van der Waals surface area (Å²) in [5.41, 5.74) is 0. The third-order valence-corrected chi connectivity index (χ3v) is 4.31. The van der Waals surface area contributed by atoms with E-state index in [4.69, 9.17) is 4.98 Å². The molecule has 0 amide bonds. The molecule has 2 bridgehead atoms. The molecule has 104 valence electrons. The van der Waals surface area contributed by atoms with Crippen LogP contribution in [0.15, 0.2) is 6.07 Å². The summed E-state index contributed by atoms with van der Waals surface area (Å²) in [6.45, 7) is 8.51. The maximum atomic E-state index is 4.79. The first-order valence-electron chi connectivity index (χ1n) is 7.57.